The fourth-order valence-corrected chi connectivity index (χ4v) is 2.48. The molecular weight excluding hydrogens is 255 g/mol. The quantitative estimate of drug-likeness (QED) is 0.893. The van der Waals surface area contributed by atoms with Crippen LogP contribution in [-0.4, -0.2) is 12.6 Å². The predicted octanol–water partition coefficient (Wildman–Crippen LogP) is 3.10. The zero-order valence-corrected chi connectivity index (χ0v) is 11.0. The summed E-state index contributed by atoms with van der Waals surface area (Å²) < 4.78 is 13.8. The molecule has 4 heteroatoms. The van der Waals surface area contributed by atoms with Gasteiger partial charge in [-0.05, 0) is 23.6 Å². The molecule has 20 heavy (non-hydrogen) atoms. The molecule has 2 amide bonds. The molecule has 0 bridgehead atoms. The molecule has 0 unspecified atom stereocenters. The molecule has 1 N–H and O–H groups in total. The zero-order valence-electron chi connectivity index (χ0n) is 11.0. The number of anilines is 1. The number of benzene rings is 2. The van der Waals surface area contributed by atoms with E-state index < -0.39 is 0 Å². The third-order valence-corrected chi connectivity index (χ3v) is 3.48. The normalized spacial score (nSPS) is 13.2. The second kappa shape index (κ2) is 5.33. The average molecular weight is 270 g/mol. The minimum Gasteiger partial charge on any atom is -0.334 e. The van der Waals surface area contributed by atoms with Crippen molar-refractivity contribution in [2.24, 2.45) is 0 Å². The van der Waals surface area contributed by atoms with Crippen molar-refractivity contribution < 1.29 is 9.18 Å². The number of rotatable bonds is 2. The number of para-hydroxylation sites is 1. The Morgan fingerprint density at radius 2 is 1.95 bits per heavy atom. The Kier molecular flexibility index (Phi) is 3.37. The maximum Gasteiger partial charge on any atom is 0.322 e. The third kappa shape index (κ3) is 2.37. The first kappa shape index (κ1) is 12.7. The van der Waals surface area contributed by atoms with Gasteiger partial charge in [0, 0.05) is 13.1 Å². The molecule has 0 radical (unpaired) electrons. The van der Waals surface area contributed by atoms with Gasteiger partial charge in [0.2, 0.25) is 0 Å². The summed E-state index contributed by atoms with van der Waals surface area (Å²) in [6, 6.07) is 14.3. The second-order valence-corrected chi connectivity index (χ2v) is 4.79. The standard InChI is InChI=1S/C16H15FN2O/c17-14-8-4-7-13-9-10-19(15(13)14)16(20)18-11-12-5-2-1-3-6-12/h1-8H,9-11H2,(H,18,20). The summed E-state index contributed by atoms with van der Waals surface area (Å²) in [4.78, 5) is 13.7. The molecule has 0 fully saturated rings. The number of halogens is 1. The fraction of sp³-hybridized carbons (Fsp3) is 0.188. The molecule has 0 atom stereocenters. The Hall–Kier alpha value is -2.36. The highest BCUT2D eigenvalue weighted by Crippen LogP contribution is 2.30. The van der Waals surface area contributed by atoms with Crippen molar-refractivity contribution in [3.63, 3.8) is 0 Å². The maximum atomic E-state index is 13.8. The Balaban J connectivity index is 1.71. The van der Waals surface area contributed by atoms with Crippen molar-refractivity contribution in [2.75, 3.05) is 11.4 Å². The highest BCUT2D eigenvalue weighted by atomic mass is 19.1. The van der Waals surface area contributed by atoms with Crippen LogP contribution in [0.1, 0.15) is 11.1 Å². The van der Waals surface area contributed by atoms with Crippen LogP contribution >= 0.6 is 0 Å². The van der Waals surface area contributed by atoms with E-state index in [2.05, 4.69) is 5.32 Å². The van der Waals surface area contributed by atoms with Gasteiger partial charge in [-0.2, -0.15) is 0 Å². The van der Waals surface area contributed by atoms with Gasteiger partial charge in [-0.15, -0.1) is 0 Å². The highest BCUT2D eigenvalue weighted by Gasteiger charge is 2.27. The topological polar surface area (TPSA) is 32.3 Å². The van der Waals surface area contributed by atoms with Crippen molar-refractivity contribution >= 4 is 11.7 Å². The van der Waals surface area contributed by atoms with Gasteiger partial charge in [-0.3, -0.25) is 4.90 Å². The number of carbonyl (C=O) groups excluding carboxylic acids is 1. The lowest BCUT2D eigenvalue weighted by Crippen LogP contribution is -2.38. The van der Waals surface area contributed by atoms with Crippen molar-refractivity contribution in [1.82, 2.24) is 5.32 Å². The van der Waals surface area contributed by atoms with Crippen molar-refractivity contribution in [1.29, 1.82) is 0 Å². The summed E-state index contributed by atoms with van der Waals surface area (Å²) in [5, 5.41) is 2.83. The Morgan fingerprint density at radius 3 is 2.75 bits per heavy atom. The number of nitrogens with zero attached hydrogens (tertiary/aromatic N) is 1. The van der Waals surface area contributed by atoms with E-state index in [1.807, 2.05) is 36.4 Å². The first-order valence-corrected chi connectivity index (χ1v) is 6.62. The number of carbonyl (C=O) groups is 1. The van der Waals surface area contributed by atoms with Gasteiger partial charge in [0.1, 0.15) is 5.82 Å². The van der Waals surface area contributed by atoms with Gasteiger partial charge in [0.25, 0.3) is 0 Å². The number of nitrogens with one attached hydrogen (secondary N) is 1. The predicted molar refractivity (Wildman–Crippen MR) is 76.1 cm³/mol. The average Bonchev–Trinajstić information content (AvgIpc) is 2.91. The van der Waals surface area contributed by atoms with Crippen LogP contribution in [-0.2, 0) is 13.0 Å². The molecule has 0 aromatic heterocycles. The van der Waals surface area contributed by atoms with Gasteiger partial charge in [-0.25, -0.2) is 9.18 Å². The molecule has 0 spiro atoms. The molecule has 102 valence electrons. The van der Waals surface area contributed by atoms with E-state index in [0.717, 1.165) is 11.1 Å². The summed E-state index contributed by atoms with van der Waals surface area (Å²) in [5.41, 5.74) is 2.33. The Bertz CT molecular complexity index is 628. The van der Waals surface area contributed by atoms with Crippen LogP contribution in [0.25, 0.3) is 0 Å². The number of hydrogen-bond acceptors (Lipinski definition) is 1. The molecule has 2 aromatic rings. The smallest absolute Gasteiger partial charge is 0.322 e. The summed E-state index contributed by atoms with van der Waals surface area (Å²) in [6.45, 7) is 0.969. The Morgan fingerprint density at radius 1 is 1.15 bits per heavy atom. The van der Waals surface area contributed by atoms with E-state index >= 15 is 0 Å². The molecule has 2 aromatic carbocycles. The maximum absolute atomic E-state index is 13.8. The molecule has 1 aliphatic heterocycles. The van der Waals surface area contributed by atoms with E-state index in [0.29, 0.717) is 25.2 Å². The van der Waals surface area contributed by atoms with Gasteiger partial charge >= 0.3 is 6.03 Å². The molecule has 1 heterocycles. The number of hydrogen-bond donors (Lipinski definition) is 1. The van der Waals surface area contributed by atoms with E-state index in [-0.39, 0.29) is 11.8 Å². The SMILES string of the molecule is O=C(NCc1ccccc1)N1CCc2cccc(F)c21. The first-order valence-electron chi connectivity index (χ1n) is 6.62. The zero-order chi connectivity index (χ0) is 13.9. The number of urea groups is 1. The van der Waals surface area contributed by atoms with Gasteiger partial charge < -0.3 is 5.32 Å². The molecule has 3 rings (SSSR count). The van der Waals surface area contributed by atoms with Gasteiger partial charge in [-0.1, -0.05) is 42.5 Å². The lowest BCUT2D eigenvalue weighted by Gasteiger charge is -2.18. The molecule has 0 saturated carbocycles. The van der Waals surface area contributed by atoms with Crippen LogP contribution in [0.2, 0.25) is 0 Å². The van der Waals surface area contributed by atoms with Gasteiger partial charge in [0.15, 0.2) is 0 Å². The first-order chi connectivity index (χ1) is 9.75. The number of fused-ring (bicyclic) bond motifs is 1. The van der Waals surface area contributed by atoms with E-state index in [9.17, 15) is 9.18 Å². The molecule has 1 aliphatic rings. The van der Waals surface area contributed by atoms with Crippen molar-refractivity contribution in [3.05, 3.63) is 65.5 Å². The summed E-state index contributed by atoms with van der Waals surface area (Å²) in [5.74, 6) is -0.338. The monoisotopic (exact) mass is 270 g/mol. The Labute approximate surface area is 117 Å². The summed E-state index contributed by atoms with van der Waals surface area (Å²) >= 11 is 0. The van der Waals surface area contributed by atoms with Crippen LogP contribution in [0.4, 0.5) is 14.9 Å². The van der Waals surface area contributed by atoms with Gasteiger partial charge in [0.05, 0.1) is 5.69 Å². The van der Waals surface area contributed by atoms with Crippen LogP contribution in [0.15, 0.2) is 48.5 Å². The molecule has 0 saturated heterocycles. The van der Waals surface area contributed by atoms with E-state index in [4.69, 9.17) is 0 Å². The highest BCUT2D eigenvalue weighted by molar-refractivity contribution is 5.94. The fourth-order valence-electron chi connectivity index (χ4n) is 2.48. The summed E-state index contributed by atoms with van der Waals surface area (Å²) in [6.07, 6.45) is 0.700. The largest absolute Gasteiger partial charge is 0.334 e. The van der Waals surface area contributed by atoms with Crippen LogP contribution in [0, 0.1) is 5.82 Å². The minimum absolute atomic E-state index is 0.252. The second-order valence-electron chi connectivity index (χ2n) is 4.79. The van der Waals surface area contributed by atoms with Crippen molar-refractivity contribution in [3.8, 4) is 0 Å². The van der Waals surface area contributed by atoms with Crippen LogP contribution < -0.4 is 10.2 Å². The summed E-state index contributed by atoms with van der Waals surface area (Å²) in [7, 11) is 0. The molecular formula is C16H15FN2O. The van der Waals surface area contributed by atoms with Crippen molar-refractivity contribution in [2.45, 2.75) is 13.0 Å². The van der Waals surface area contributed by atoms with Crippen LogP contribution in [0.3, 0.4) is 0 Å². The minimum atomic E-state index is -0.338. The third-order valence-electron chi connectivity index (χ3n) is 3.48. The number of amides is 2. The van der Waals surface area contributed by atoms with E-state index in [1.54, 1.807) is 6.07 Å². The van der Waals surface area contributed by atoms with Crippen LogP contribution in [0.5, 0.6) is 0 Å². The van der Waals surface area contributed by atoms with E-state index in [1.165, 1.54) is 11.0 Å². The molecule has 0 aliphatic carbocycles. The lowest BCUT2D eigenvalue weighted by atomic mass is 10.1. The lowest BCUT2D eigenvalue weighted by molar-refractivity contribution is 0.246. The molecule has 3 nitrogen and oxygen atoms in total.